The molecule has 2 aliphatic heterocycles. The van der Waals surface area contributed by atoms with Gasteiger partial charge in [-0.3, -0.25) is 19.5 Å². The zero-order valence-electron chi connectivity index (χ0n) is 18.8. The molecule has 9 heteroatoms. The molecule has 9 nitrogen and oxygen atoms in total. The van der Waals surface area contributed by atoms with Crippen molar-refractivity contribution in [2.24, 2.45) is 0 Å². The Balaban J connectivity index is 1.52. The number of benzene rings is 1. The van der Waals surface area contributed by atoms with Crippen molar-refractivity contribution in [3.05, 3.63) is 63.2 Å². The SMILES string of the molecule is COc1ccccc1C(=O)N1CCCC[C@H]1c1cc2nc3c(c(=O)n2[nH]1)CN(C(C)=O)CC3. The van der Waals surface area contributed by atoms with Gasteiger partial charge in [0.2, 0.25) is 5.91 Å². The normalized spacial score (nSPS) is 18.3. The lowest BCUT2D eigenvalue weighted by molar-refractivity contribution is -0.129. The fraction of sp³-hybridized carbons (Fsp3) is 0.417. The highest BCUT2D eigenvalue weighted by atomic mass is 16.5. The van der Waals surface area contributed by atoms with Gasteiger partial charge in [0.15, 0.2) is 5.65 Å². The van der Waals surface area contributed by atoms with E-state index in [4.69, 9.17) is 9.72 Å². The first kappa shape index (κ1) is 21.2. The first-order chi connectivity index (χ1) is 16.0. The summed E-state index contributed by atoms with van der Waals surface area (Å²) < 4.78 is 6.85. The van der Waals surface area contributed by atoms with E-state index in [2.05, 4.69) is 5.10 Å². The summed E-state index contributed by atoms with van der Waals surface area (Å²) in [5, 5.41) is 3.21. The predicted molar refractivity (Wildman–Crippen MR) is 121 cm³/mol. The molecule has 1 aromatic carbocycles. The Hall–Kier alpha value is -3.62. The van der Waals surface area contributed by atoms with Crippen molar-refractivity contribution < 1.29 is 14.3 Å². The van der Waals surface area contributed by atoms with Crippen molar-refractivity contribution in [2.75, 3.05) is 20.2 Å². The van der Waals surface area contributed by atoms with Crippen molar-refractivity contribution in [2.45, 2.75) is 45.2 Å². The van der Waals surface area contributed by atoms with Crippen molar-refractivity contribution in [1.29, 1.82) is 0 Å². The number of hydrogen-bond acceptors (Lipinski definition) is 5. The van der Waals surface area contributed by atoms with Gasteiger partial charge < -0.3 is 14.5 Å². The van der Waals surface area contributed by atoms with Crippen LogP contribution in [0.1, 0.15) is 59.5 Å². The number of piperidine rings is 1. The van der Waals surface area contributed by atoms with E-state index in [0.29, 0.717) is 42.0 Å². The second kappa shape index (κ2) is 8.38. The van der Waals surface area contributed by atoms with E-state index in [0.717, 1.165) is 30.7 Å². The van der Waals surface area contributed by atoms with Crippen LogP contribution in [0.25, 0.3) is 5.65 Å². The Bertz CT molecular complexity index is 1290. The van der Waals surface area contributed by atoms with Gasteiger partial charge in [-0.25, -0.2) is 9.50 Å². The smallest absolute Gasteiger partial charge is 0.277 e. The van der Waals surface area contributed by atoms with Crippen LogP contribution in [0.3, 0.4) is 0 Å². The van der Waals surface area contributed by atoms with E-state index in [1.807, 2.05) is 23.1 Å². The third kappa shape index (κ3) is 3.67. The molecule has 33 heavy (non-hydrogen) atoms. The van der Waals surface area contributed by atoms with Crippen LogP contribution in [0, 0.1) is 0 Å². The van der Waals surface area contributed by atoms with Crippen LogP contribution in [-0.2, 0) is 17.8 Å². The van der Waals surface area contributed by atoms with Crippen molar-refractivity contribution in [1.82, 2.24) is 24.4 Å². The number of rotatable bonds is 3. The molecule has 1 N–H and O–H groups in total. The molecule has 1 fully saturated rings. The van der Waals surface area contributed by atoms with Gasteiger partial charge >= 0.3 is 0 Å². The molecule has 0 bridgehead atoms. The molecule has 0 spiro atoms. The molecule has 3 aromatic rings. The Morgan fingerprint density at radius 3 is 2.79 bits per heavy atom. The number of methoxy groups -OCH3 is 1. The van der Waals surface area contributed by atoms with Gasteiger partial charge in [0, 0.05) is 32.5 Å². The standard InChI is InChI=1S/C24H27N5O4/c1-15(30)27-12-10-18-17(14-27)24(32)29-22(25-18)13-19(26-29)20-8-5-6-11-28(20)23(31)16-7-3-4-9-21(16)33-2/h3-4,7,9,13,20,26H,5-6,8,10-12,14H2,1-2H3/t20-/m0/s1. The number of hydrogen-bond donors (Lipinski definition) is 1. The minimum atomic E-state index is -0.192. The zero-order chi connectivity index (χ0) is 23.1. The Morgan fingerprint density at radius 1 is 1.18 bits per heavy atom. The number of amides is 2. The monoisotopic (exact) mass is 449 g/mol. The number of nitrogens with one attached hydrogen (secondary N) is 1. The number of fused-ring (bicyclic) bond motifs is 2. The number of H-pyrrole nitrogens is 1. The van der Waals surface area contributed by atoms with Crippen LogP contribution < -0.4 is 10.3 Å². The maximum absolute atomic E-state index is 13.5. The number of aromatic nitrogens is 3. The summed E-state index contributed by atoms with van der Waals surface area (Å²) >= 11 is 0. The number of para-hydroxylation sites is 1. The second-order valence-electron chi connectivity index (χ2n) is 8.65. The third-order valence-corrected chi connectivity index (χ3v) is 6.69. The minimum absolute atomic E-state index is 0.0509. The highest BCUT2D eigenvalue weighted by Crippen LogP contribution is 2.33. The van der Waals surface area contributed by atoms with E-state index in [9.17, 15) is 14.4 Å². The Labute approximate surface area is 190 Å². The number of carbonyl (C=O) groups excluding carboxylic acids is 2. The lowest BCUT2D eigenvalue weighted by Crippen LogP contribution is -2.39. The van der Waals surface area contributed by atoms with Crippen LogP contribution in [-0.4, -0.2) is 56.4 Å². The lowest BCUT2D eigenvalue weighted by atomic mass is 9.98. The average Bonchev–Trinajstić information content (AvgIpc) is 3.27. The van der Waals surface area contributed by atoms with E-state index < -0.39 is 0 Å². The minimum Gasteiger partial charge on any atom is -0.496 e. The van der Waals surface area contributed by atoms with Crippen LogP contribution >= 0.6 is 0 Å². The molecule has 0 radical (unpaired) electrons. The number of nitrogens with zero attached hydrogens (tertiary/aromatic N) is 4. The molecule has 172 valence electrons. The molecular weight excluding hydrogens is 422 g/mol. The molecule has 0 saturated carbocycles. The Morgan fingerprint density at radius 2 is 2.00 bits per heavy atom. The number of ether oxygens (including phenoxy) is 1. The van der Waals surface area contributed by atoms with Crippen molar-refractivity contribution >= 4 is 17.5 Å². The van der Waals surface area contributed by atoms with E-state index >= 15 is 0 Å². The summed E-state index contributed by atoms with van der Waals surface area (Å²) in [6.45, 7) is 2.97. The molecule has 2 aromatic heterocycles. The highest BCUT2D eigenvalue weighted by Gasteiger charge is 2.32. The molecule has 5 rings (SSSR count). The van der Waals surface area contributed by atoms with E-state index in [1.165, 1.54) is 11.4 Å². The summed E-state index contributed by atoms with van der Waals surface area (Å²) in [7, 11) is 1.56. The summed E-state index contributed by atoms with van der Waals surface area (Å²) in [5.41, 5.74) is 2.96. The van der Waals surface area contributed by atoms with Gasteiger partial charge in [-0.15, -0.1) is 0 Å². The van der Waals surface area contributed by atoms with Crippen molar-refractivity contribution in [3.63, 3.8) is 0 Å². The lowest BCUT2D eigenvalue weighted by Gasteiger charge is -2.35. The molecule has 1 saturated heterocycles. The van der Waals surface area contributed by atoms with Crippen molar-refractivity contribution in [3.8, 4) is 5.75 Å². The van der Waals surface area contributed by atoms with Gasteiger partial charge in [0.1, 0.15) is 5.75 Å². The van der Waals surface area contributed by atoms with Gasteiger partial charge in [-0.05, 0) is 31.4 Å². The van der Waals surface area contributed by atoms with Crippen LogP contribution in [0.15, 0.2) is 35.1 Å². The van der Waals surface area contributed by atoms with Crippen LogP contribution in [0.5, 0.6) is 5.75 Å². The molecule has 1 atom stereocenters. The highest BCUT2D eigenvalue weighted by molar-refractivity contribution is 5.97. The Kier molecular flexibility index (Phi) is 5.39. The molecule has 0 aliphatic carbocycles. The molecule has 4 heterocycles. The fourth-order valence-corrected chi connectivity index (χ4v) is 4.91. The molecule has 2 aliphatic rings. The molecule has 2 amide bonds. The topological polar surface area (TPSA) is 100 Å². The van der Waals surface area contributed by atoms with E-state index in [1.54, 1.807) is 24.1 Å². The number of likely N-dealkylation sites (tertiary alicyclic amines) is 1. The predicted octanol–water partition coefficient (Wildman–Crippen LogP) is 2.30. The summed E-state index contributed by atoms with van der Waals surface area (Å²) in [5.74, 6) is 0.404. The van der Waals surface area contributed by atoms with Gasteiger partial charge in [-0.2, -0.15) is 0 Å². The fourth-order valence-electron chi connectivity index (χ4n) is 4.91. The first-order valence-corrected chi connectivity index (χ1v) is 11.3. The zero-order valence-corrected chi connectivity index (χ0v) is 18.8. The quantitative estimate of drug-likeness (QED) is 0.661. The largest absolute Gasteiger partial charge is 0.496 e. The van der Waals surface area contributed by atoms with Gasteiger partial charge in [0.25, 0.3) is 11.5 Å². The average molecular weight is 450 g/mol. The van der Waals surface area contributed by atoms with Crippen LogP contribution in [0.2, 0.25) is 0 Å². The summed E-state index contributed by atoms with van der Waals surface area (Å²) in [6, 6.07) is 8.91. The third-order valence-electron chi connectivity index (χ3n) is 6.69. The summed E-state index contributed by atoms with van der Waals surface area (Å²) in [6.07, 6.45) is 3.26. The molecular formula is C24H27N5O4. The summed E-state index contributed by atoms with van der Waals surface area (Å²) in [4.78, 5) is 46.7. The van der Waals surface area contributed by atoms with Gasteiger partial charge in [-0.1, -0.05) is 12.1 Å². The van der Waals surface area contributed by atoms with Gasteiger partial charge in [0.05, 0.1) is 42.2 Å². The first-order valence-electron chi connectivity index (χ1n) is 11.3. The maximum Gasteiger partial charge on any atom is 0.277 e. The number of aromatic amines is 1. The van der Waals surface area contributed by atoms with Crippen LogP contribution in [0.4, 0.5) is 0 Å². The second-order valence-corrected chi connectivity index (χ2v) is 8.65. The van der Waals surface area contributed by atoms with E-state index in [-0.39, 0.29) is 30.0 Å². The maximum atomic E-state index is 13.5. The number of carbonyl (C=O) groups is 2. The molecule has 0 unspecified atom stereocenters.